The van der Waals surface area contributed by atoms with Crippen molar-refractivity contribution in [1.29, 1.82) is 0 Å². The predicted octanol–water partition coefficient (Wildman–Crippen LogP) is 5.15. The first kappa shape index (κ1) is 18.9. The van der Waals surface area contributed by atoms with E-state index < -0.39 is 28.5 Å². The second-order valence-electron chi connectivity index (χ2n) is 5.69. The number of aromatic nitrogens is 2. The number of nitrogens with one attached hydrogen (secondary N) is 1. The Labute approximate surface area is 156 Å². The Morgan fingerprint density at radius 2 is 1.78 bits per heavy atom. The molecule has 0 saturated heterocycles. The van der Waals surface area contributed by atoms with Gasteiger partial charge in [-0.05, 0) is 48.5 Å². The van der Waals surface area contributed by atoms with E-state index in [9.17, 15) is 22.4 Å². The first-order valence-electron chi connectivity index (χ1n) is 7.63. The summed E-state index contributed by atoms with van der Waals surface area (Å²) in [6.07, 6.45) is -4.64. The lowest BCUT2D eigenvalue weighted by Gasteiger charge is -2.11. The maximum absolute atomic E-state index is 13.0. The fraction of sp³-hybridized carbons (Fsp3) is 0.111. The van der Waals surface area contributed by atoms with E-state index in [1.165, 1.54) is 48.1 Å². The van der Waals surface area contributed by atoms with Crippen LogP contribution in [0.3, 0.4) is 0 Å². The lowest BCUT2D eigenvalue weighted by Crippen LogP contribution is -2.16. The van der Waals surface area contributed by atoms with Crippen LogP contribution in [0.2, 0.25) is 5.02 Å². The minimum atomic E-state index is -4.64. The number of carbonyl (C=O) groups is 1. The topological polar surface area (TPSA) is 46.9 Å². The van der Waals surface area contributed by atoms with Crippen molar-refractivity contribution in [3.63, 3.8) is 0 Å². The van der Waals surface area contributed by atoms with Crippen molar-refractivity contribution in [1.82, 2.24) is 9.78 Å². The highest BCUT2D eigenvalue weighted by Crippen LogP contribution is 2.36. The second kappa shape index (κ2) is 7.03. The van der Waals surface area contributed by atoms with Gasteiger partial charge in [-0.3, -0.25) is 9.48 Å². The van der Waals surface area contributed by atoms with Crippen molar-refractivity contribution < 1.29 is 22.4 Å². The zero-order chi connectivity index (χ0) is 19.8. The normalized spacial score (nSPS) is 11.5. The van der Waals surface area contributed by atoms with Crippen LogP contribution in [0.15, 0.2) is 48.5 Å². The van der Waals surface area contributed by atoms with Crippen molar-refractivity contribution in [2.24, 2.45) is 7.05 Å². The average Bonchev–Trinajstić information content (AvgIpc) is 2.98. The molecule has 1 aromatic heterocycles. The van der Waals surface area contributed by atoms with Gasteiger partial charge >= 0.3 is 6.18 Å². The Bertz CT molecular complexity index is 997. The highest BCUT2D eigenvalue weighted by molar-refractivity contribution is 6.31. The van der Waals surface area contributed by atoms with Gasteiger partial charge in [0.2, 0.25) is 0 Å². The molecule has 0 atom stereocenters. The number of rotatable bonds is 3. The third kappa shape index (κ3) is 4.11. The SMILES string of the molecule is Cn1nc(-c2ccc(F)cc2)cc1C(=O)Nc1ccc(Cl)c(C(F)(F)F)c1. The molecule has 3 aromatic rings. The number of halogens is 5. The summed E-state index contributed by atoms with van der Waals surface area (Å²) >= 11 is 5.57. The number of alkyl halides is 3. The van der Waals surface area contributed by atoms with E-state index >= 15 is 0 Å². The van der Waals surface area contributed by atoms with Crippen LogP contribution >= 0.6 is 11.6 Å². The summed E-state index contributed by atoms with van der Waals surface area (Å²) < 4.78 is 53.1. The molecule has 0 fully saturated rings. The minimum Gasteiger partial charge on any atom is -0.321 e. The molecule has 0 aliphatic carbocycles. The van der Waals surface area contributed by atoms with Gasteiger partial charge in [-0.15, -0.1) is 0 Å². The number of hydrogen-bond acceptors (Lipinski definition) is 2. The smallest absolute Gasteiger partial charge is 0.321 e. The maximum Gasteiger partial charge on any atom is 0.417 e. The fourth-order valence-corrected chi connectivity index (χ4v) is 2.68. The molecule has 0 unspecified atom stereocenters. The van der Waals surface area contributed by atoms with Crippen LogP contribution in [0.25, 0.3) is 11.3 Å². The van der Waals surface area contributed by atoms with Crippen LogP contribution in [0.5, 0.6) is 0 Å². The molecule has 1 amide bonds. The molecule has 0 radical (unpaired) electrons. The molecule has 1 heterocycles. The van der Waals surface area contributed by atoms with E-state index in [0.29, 0.717) is 11.3 Å². The first-order valence-corrected chi connectivity index (χ1v) is 8.01. The molecule has 3 rings (SSSR count). The van der Waals surface area contributed by atoms with Crippen LogP contribution in [-0.2, 0) is 13.2 Å². The Morgan fingerprint density at radius 1 is 1.11 bits per heavy atom. The number of carbonyl (C=O) groups excluding carboxylic acids is 1. The zero-order valence-electron chi connectivity index (χ0n) is 13.8. The molecule has 0 aliphatic heterocycles. The Morgan fingerprint density at radius 3 is 2.41 bits per heavy atom. The van der Waals surface area contributed by atoms with E-state index in [1.807, 2.05) is 0 Å². The lowest BCUT2D eigenvalue weighted by molar-refractivity contribution is -0.137. The van der Waals surface area contributed by atoms with Gasteiger partial charge in [-0.2, -0.15) is 18.3 Å². The average molecular weight is 398 g/mol. The number of aryl methyl sites for hydroxylation is 1. The lowest BCUT2D eigenvalue weighted by atomic mass is 10.1. The molecular formula is C18H12ClF4N3O. The Balaban J connectivity index is 1.86. The van der Waals surface area contributed by atoms with Gasteiger partial charge in [0.05, 0.1) is 16.3 Å². The number of amides is 1. The van der Waals surface area contributed by atoms with E-state index in [2.05, 4.69) is 10.4 Å². The molecule has 0 spiro atoms. The monoisotopic (exact) mass is 397 g/mol. The van der Waals surface area contributed by atoms with Gasteiger partial charge in [0.15, 0.2) is 0 Å². The van der Waals surface area contributed by atoms with Gasteiger partial charge in [-0.25, -0.2) is 4.39 Å². The van der Waals surface area contributed by atoms with Crippen LogP contribution in [-0.4, -0.2) is 15.7 Å². The van der Waals surface area contributed by atoms with Gasteiger partial charge in [-0.1, -0.05) is 11.6 Å². The van der Waals surface area contributed by atoms with E-state index in [1.54, 1.807) is 0 Å². The number of nitrogens with zero attached hydrogens (tertiary/aromatic N) is 2. The summed E-state index contributed by atoms with van der Waals surface area (Å²) in [6, 6.07) is 10.1. The van der Waals surface area contributed by atoms with Crippen LogP contribution in [0.1, 0.15) is 16.1 Å². The van der Waals surface area contributed by atoms with Gasteiger partial charge < -0.3 is 5.32 Å². The Kier molecular flexibility index (Phi) is 4.93. The van der Waals surface area contributed by atoms with Crippen LogP contribution in [0, 0.1) is 5.82 Å². The third-order valence-electron chi connectivity index (χ3n) is 3.78. The molecule has 140 valence electrons. The number of benzene rings is 2. The summed E-state index contributed by atoms with van der Waals surface area (Å²) in [5, 5.41) is 6.11. The molecule has 0 bridgehead atoms. The maximum atomic E-state index is 13.0. The summed E-state index contributed by atoms with van der Waals surface area (Å²) in [7, 11) is 1.52. The summed E-state index contributed by atoms with van der Waals surface area (Å²) in [4.78, 5) is 12.4. The third-order valence-corrected chi connectivity index (χ3v) is 4.11. The molecular weight excluding hydrogens is 386 g/mol. The first-order chi connectivity index (χ1) is 12.6. The van der Waals surface area contributed by atoms with Crippen molar-refractivity contribution in [3.05, 3.63) is 70.6 Å². The van der Waals surface area contributed by atoms with E-state index in [-0.39, 0.29) is 11.4 Å². The molecule has 0 aliphatic rings. The van der Waals surface area contributed by atoms with Gasteiger partial charge in [0.25, 0.3) is 5.91 Å². The summed E-state index contributed by atoms with van der Waals surface area (Å²) in [5.74, 6) is -1.05. The standard InChI is InChI=1S/C18H12ClF4N3O/c1-26-16(9-15(25-26)10-2-4-11(20)5-3-10)17(27)24-12-6-7-14(19)13(8-12)18(21,22)23/h2-9H,1H3,(H,24,27). The molecule has 9 heteroatoms. The molecule has 4 nitrogen and oxygen atoms in total. The van der Waals surface area contributed by atoms with Crippen molar-refractivity contribution >= 4 is 23.2 Å². The van der Waals surface area contributed by atoms with E-state index in [0.717, 1.165) is 12.1 Å². The molecule has 1 N–H and O–H groups in total. The quantitative estimate of drug-likeness (QED) is 0.621. The van der Waals surface area contributed by atoms with Crippen molar-refractivity contribution in [3.8, 4) is 11.3 Å². The van der Waals surface area contributed by atoms with Crippen LogP contribution in [0.4, 0.5) is 23.2 Å². The van der Waals surface area contributed by atoms with Gasteiger partial charge in [0, 0.05) is 18.3 Å². The second-order valence-corrected chi connectivity index (χ2v) is 6.10. The highest BCUT2D eigenvalue weighted by atomic mass is 35.5. The molecule has 0 saturated carbocycles. The predicted molar refractivity (Wildman–Crippen MR) is 93.0 cm³/mol. The summed E-state index contributed by atoms with van der Waals surface area (Å²) in [5.41, 5.74) is 0.0460. The van der Waals surface area contributed by atoms with Gasteiger partial charge in [0.1, 0.15) is 11.5 Å². The highest BCUT2D eigenvalue weighted by Gasteiger charge is 2.33. The molecule has 27 heavy (non-hydrogen) atoms. The number of anilines is 1. The minimum absolute atomic E-state index is 0.0544. The Hall–Kier alpha value is -2.87. The van der Waals surface area contributed by atoms with E-state index in [4.69, 9.17) is 11.6 Å². The fourth-order valence-electron chi connectivity index (χ4n) is 2.46. The molecule has 2 aromatic carbocycles. The number of hydrogen-bond donors (Lipinski definition) is 1. The summed E-state index contributed by atoms with van der Waals surface area (Å²) in [6.45, 7) is 0. The van der Waals surface area contributed by atoms with Crippen molar-refractivity contribution in [2.75, 3.05) is 5.32 Å². The van der Waals surface area contributed by atoms with Crippen LogP contribution < -0.4 is 5.32 Å². The zero-order valence-corrected chi connectivity index (χ0v) is 14.6. The largest absolute Gasteiger partial charge is 0.417 e. The van der Waals surface area contributed by atoms with Crippen molar-refractivity contribution in [2.45, 2.75) is 6.18 Å².